The van der Waals surface area contributed by atoms with Crippen LogP contribution < -0.4 is 14.4 Å². The molecule has 1 unspecified atom stereocenters. The van der Waals surface area contributed by atoms with E-state index in [2.05, 4.69) is 68.8 Å². The van der Waals surface area contributed by atoms with E-state index >= 15 is 0 Å². The maximum atomic E-state index is 14.9. The van der Waals surface area contributed by atoms with Crippen LogP contribution in [-0.4, -0.2) is 101 Å². The number of methoxy groups -OCH3 is 1. The first kappa shape index (κ1) is 43.0. The molecule has 2 fully saturated rings. The van der Waals surface area contributed by atoms with Crippen molar-refractivity contribution in [2.45, 2.75) is 96.4 Å². The van der Waals surface area contributed by atoms with E-state index in [1.54, 1.807) is 19.4 Å². The molecule has 1 saturated carbocycles. The summed E-state index contributed by atoms with van der Waals surface area (Å²) in [5.41, 5.74) is 4.81. The monoisotopic (exact) mass is 858 g/mol. The van der Waals surface area contributed by atoms with Gasteiger partial charge < -0.3 is 18.9 Å². The van der Waals surface area contributed by atoms with E-state index in [0.717, 1.165) is 81.2 Å². The lowest BCUT2D eigenvalue weighted by atomic mass is 9.68. The number of aromatic nitrogens is 1. The fourth-order valence-electron chi connectivity index (χ4n) is 10.6. The number of hydrogen-bond acceptors (Lipinski definition) is 8. The molecule has 2 aliphatic carbocycles. The zero-order chi connectivity index (χ0) is 42.3. The number of fused-ring (bicyclic) bond motifs is 4. The number of rotatable bonds is 6. The van der Waals surface area contributed by atoms with Crippen LogP contribution in [0.15, 0.2) is 65.2 Å². The molecule has 5 aliphatic rings. The Morgan fingerprint density at radius 3 is 2.70 bits per heavy atom. The second-order valence-corrected chi connectivity index (χ2v) is 21.1. The highest BCUT2D eigenvalue weighted by Crippen LogP contribution is 2.47. The largest absolute Gasteiger partial charge is 0.490 e. The Morgan fingerprint density at radius 2 is 1.95 bits per heavy atom. The minimum atomic E-state index is -3.56. The van der Waals surface area contributed by atoms with Crippen LogP contribution in [0.4, 0.5) is 5.69 Å². The second kappa shape index (κ2) is 17.6. The lowest BCUT2D eigenvalue weighted by Gasteiger charge is -2.46. The number of allylic oxidation sites excluding steroid dienone is 1. The highest BCUT2D eigenvalue weighted by Gasteiger charge is 2.44. The third-order valence-corrected chi connectivity index (χ3v) is 16.2. The molecule has 7 atom stereocenters. The van der Waals surface area contributed by atoms with Gasteiger partial charge in [-0.25, -0.2) is 4.21 Å². The van der Waals surface area contributed by atoms with Crippen LogP contribution in [0.25, 0.3) is 0 Å². The molecule has 1 N–H and O–H groups in total. The van der Waals surface area contributed by atoms with Crippen molar-refractivity contribution in [1.82, 2.24) is 19.1 Å². The Bertz CT molecular complexity index is 2250. The van der Waals surface area contributed by atoms with E-state index in [1.165, 1.54) is 11.1 Å². The molecule has 0 radical (unpaired) electrons. The quantitative estimate of drug-likeness (QED) is 0.252. The van der Waals surface area contributed by atoms with Crippen LogP contribution in [0, 0.1) is 17.8 Å². The van der Waals surface area contributed by atoms with Crippen molar-refractivity contribution in [2.24, 2.45) is 29.2 Å². The van der Waals surface area contributed by atoms with Crippen LogP contribution in [0.2, 0.25) is 5.02 Å². The molecule has 13 heteroatoms. The Kier molecular flexibility index (Phi) is 12.6. The number of nitrogens with zero attached hydrogens (tertiary/aromatic N) is 5. The molecule has 324 valence electrons. The van der Waals surface area contributed by atoms with Gasteiger partial charge in [-0.15, -0.1) is 4.36 Å². The molecule has 8 rings (SSSR count). The summed E-state index contributed by atoms with van der Waals surface area (Å²) in [6.07, 6.45) is 11.7. The highest BCUT2D eigenvalue weighted by atomic mass is 35.5. The fraction of sp³-hybridized carbons (Fsp3) is 0.574. The van der Waals surface area contributed by atoms with E-state index in [-0.39, 0.29) is 23.2 Å². The average Bonchev–Trinajstić information content (AvgIpc) is 3.48. The van der Waals surface area contributed by atoms with Crippen molar-refractivity contribution >= 4 is 39.0 Å². The normalized spacial score (nSPS) is 30.7. The summed E-state index contributed by atoms with van der Waals surface area (Å²) in [6.45, 7) is 14.3. The number of carbonyl (C=O) groups is 2. The van der Waals surface area contributed by atoms with E-state index in [4.69, 9.17) is 21.1 Å². The van der Waals surface area contributed by atoms with Gasteiger partial charge in [0.15, 0.2) is 0 Å². The molecule has 11 nitrogen and oxygen atoms in total. The van der Waals surface area contributed by atoms with Gasteiger partial charge in [0.1, 0.15) is 15.7 Å². The Hall–Kier alpha value is -3.68. The first-order chi connectivity index (χ1) is 28.7. The lowest BCUT2D eigenvalue weighted by molar-refractivity contribution is 0.0131. The number of aryl methyl sites for hydroxylation is 2. The molecule has 60 heavy (non-hydrogen) atoms. The predicted octanol–water partition coefficient (Wildman–Crippen LogP) is 7.66. The lowest BCUT2D eigenvalue weighted by Crippen LogP contribution is -2.53. The number of halogens is 1. The van der Waals surface area contributed by atoms with Gasteiger partial charge in [-0.2, -0.15) is 0 Å². The number of anilines is 1. The fourth-order valence-corrected chi connectivity index (χ4v) is 12.7. The number of nitrogens with one attached hydrogen (secondary N) is 1. The van der Waals surface area contributed by atoms with Crippen molar-refractivity contribution < 1.29 is 23.3 Å². The molecule has 2 bridgehead atoms. The van der Waals surface area contributed by atoms with Crippen molar-refractivity contribution in [3.63, 3.8) is 0 Å². The van der Waals surface area contributed by atoms with Gasteiger partial charge in [-0.1, -0.05) is 36.7 Å². The molecule has 1 saturated heterocycles. The smallest absolute Gasteiger partial charge is 0.286 e. The minimum absolute atomic E-state index is 0.0162. The third kappa shape index (κ3) is 8.96. The number of amides is 2. The van der Waals surface area contributed by atoms with Gasteiger partial charge in [0, 0.05) is 93.4 Å². The number of carbonyl (C=O) groups excluding carboxylic acids is 2. The van der Waals surface area contributed by atoms with Crippen molar-refractivity contribution in [2.75, 3.05) is 57.1 Å². The van der Waals surface area contributed by atoms with E-state index in [1.807, 2.05) is 42.8 Å². The maximum absolute atomic E-state index is 14.9. The summed E-state index contributed by atoms with van der Waals surface area (Å²) in [4.78, 5) is 35.7. The van der Waals surface area contributed by atoms with Gasteiger partial charge in [-0.3, -0.25) is 24.1 Å². The number of benzene rings is 2. The van der Waals surface area contributed by atoms with E-state index < -0.39 is 21.7 Å². The van der Waals surface area contributed by atoms with E-state index in [9.17, 15) is 13.8 Å². The van der Waals surface area contributed by atoms with Gasteiger partial charge in [0.2, 0.25) is 0 Å². The summed E-state index contributed by atoms with van der Waals surface area (Å²) in [5.74, 6) is 0.167. The van der Waals surface area contributed by atoms with Gasteiger partial charge >= 0.3 is 0 Å². The molecule has 3 aliphatic heterocycles. The Balaban J connectivity index is 1.11. The summed E-state index contributed by atoms with van der Waals surface area (Å²) in [6, 6.07) is 14.5. The van der Waals surface area contributed by atoms with Gasteiger partial charge in [0.25, 0.3) is 11.8 Å². The summed E-state index contributed by atoms with van der Waals surface area (Å²) >= 11 is 6.50. The highest BCUT2D eigenvalue weighted by molar-refractivity contribution is 7.92. The number of hydrogen-bond donors (Lipinski definition) is 1. The summed E-state index contributed by atoms with van der Waals surface area (Å²) < 4.78 is 36.9. The summed E-state index contributed by atoms with van der Waals surface area (Å²) in [7, 11) is 0.150. The topological polar surface area (TPSA) is 109 Å². The van der Waals surface area contributed by atoms with Crippen LogP contribution in [0.5, 0.6) is 5.75 Å². The molecule has 2 aromatic carbocycles. The second-order valence-electron chi connectivity index (χ2n) is 18.6. The molecule has 1 aromatic heterocycles. The molecule has 3 aromatic rings. The van der Waals surface area contributed by atoms with Crippen LogP contribution >= 0.6 is 11.6 Å². The predicted molar refractivity (Wildman–Crippen MR) is 239 cm³/mol. The van der Waals surface area contributed by atoms with Crippen molar-refractivity contribution in [3.8, 4) is 5.75 Å². The first-order valence-corrected chi connectivity index (χ1v) is 24.0. The van der Waals surface area contributed by atoms with Gasteiger partial charge in [0.05, 0.1) is 29.7 Å². The van der Waals surface area contributed by atoms with Crippen LogP contribution in [0.1, 0.15) is 97.3 Å². The van der Waals surface area contributed by atoms with Gasteiger partial charge in [-0.05, 0) is 125 Å². The SMILES string of the molecule is CO[C@H]1/C=C\C[C@H](C)CS(=O)(NC(=O)c2cc(CN3CCN(C(C)C)[C@H](C)C3)n(C)c2)=NC(=O)c2ccc3c(c2)N(C[C@@H]2CC[C@H]21)C[C@@]1(CCCc2cc(Cl)ccc21)CO3. The Labute approximate surface area is 362 Å². The maximum Gasteiger partial charge on any atom is 0.286 e. The average molecular weight is 860 g/mol. The number of ether oxygens (including phenoxy) is 2. The third-order valence-electron chi connectivity index (χ3n) is 13.9. The minimum Gasteiger partial charge on any atom is -0.490 e. The van der Waals surface area contributed by atoms with Crippen molar-refractivity contribution in [1.29, 1.82) is 0 Å². The number of piperazine rings is 1. The zero-order valence-corrected chi connectivity index (χ0v) is 37.8. The summed E-state index contributed by atoms with van der Waals surface area (Å²) in [5, 5.41) is 0.744. The molecule has 2 amide bonds. The molecule has 1 spiro atoms. The van der Waals surface area contributed by atoms with Crippen LogP contribution in [-0.2, 0) is 40.1 Å². The standard InChI is InChI=1S/C47H63ClN6O5S/c1-31(2)54-20-19-52(24-33(54)4)27-39-22-37(25-51(39)5)46(56)50-60(57)28-32(3)9-7-11-43(58-6)40-15-12-36(40)26-53-29-47(18-8-10-34-21-38(48)14-16-41(34)47)30-59-44-17-13-35(23-42(44)53)45(55)49-60/h7,11,13-14,16-17,21-23,25,31-33,36,40,43H,8-10,12,15,18-20,24,26-30H2,1-6H3,(H,49,50,55,56,57)/b11-7-/t32-,33+,36-,40+,43-,47-,60?/m0/s1. The zero-order valence-electron chi connectivity index (χ0n) is 36.2. The first-order valence-electron chi connectivity index (χ1n) is 22.0. The molecular formula is C47H63ClN6O5S. The molecular weight excluding hydrogens is 796 g/mol. The van der Waals surface area contributed by atoms with E-state index in [0.29, 0.717) is 60.4 Å². The van der Waals surface area contributed by atoms with Crippen LogP contribution in [0.3, 0.4) is 0 Å². The van der Waals surface area contributed by atoms with Crippen molar-refractivity contribution in [3.05, 3.63) is 93.8 Å². The Morgan fingerprint density at radius 1 is 1.12 bits per heavy atom. The molecule has 4 heterocycles.